The van der Waals surface area contributed by atoms with Crippen LogP contribution in [0.5, 0.6) is 0 Å². The van der Waals surface area contributed by atoms with Crippen molar-refractivity contribution in [3.63, 3.8) is 0 Å². The Labute approximate surface area is 220 Å². The SMILES string of the molecule is CCCCCCCCCCC[Si](CCCCCCCCCCC)CCCCCCCCCCC. The summed E-state index contributed by atoms with van der Waals surface area (Å²) in [5, 5.41) is 0. The van der Waals surface area contributed by atoms with Gasteiger partial charge in [-0.05, 0) is 0 Å². The van der Waals surface area contributed by atoms with Gasteiger partial charge in [-0.1, -0.05) is 212 Å². The Kier molecular flexibility index (Phi) is 31.4. The van der Waals surface area contributed by atoms with Gasteiger partial charge >= 0.3 is 0 Å². The Bertz CT molecular complexity index is 287. The Morgan fingerprint density at radius 2 is 0.412 bits per heavy atom. The van der Waals surface area contributed by atoms with Crippen molar-refractivity contribution in [2.24, 2.45) is 0 Å². The largest absolute Gasteiger partial charge is 0.0654 e. The van der Waals surface area contributed by atoms with Gasteiger partial charge in [0.2, 0.25) is 0 Å². The maximum atomic E-state index is 2.32. The maximum absolute atomic E-state index is 2.32. The summed E-state index contributed by atoms with van der Waals surface area (Å²) in [6.45, 7) is 6.97. The molecule has 0 amide bonds. The van der Waals surface area contributed by atoms with E-state index in [2.05, 4.69) is 20.8 Å². The number of hydrogen-bond acceptors (Lipinski definition) is 0. The van der Waals surface area contributed by atoms with Crippen molar-refractivity contribution in [3.05, 3.63) is 0 Å². The quantitative estimate of drug-likeness (QED) is 0.0689. The molecular formula is C33H69Si. The zero-order valence-electron chi connectivity index (χ0n) is 24.7. The third-order valence-electron chi connectivity index (χ3n) is 7.90. The Morgan fingerprint density at radius 1 is 0.235 bits per heavy atom. The van der Waals surface area contributed by atoms with E-state index in [0.717, 1.165) is 0 Å². The molecule has 0 aliphatic heterocycles. The third-order valence-corrected chi connectivity index (χ3v) is 11.1. The first-order valence-corrected chi connectivity index (χ1v) is 18.8. The van der Waals surface area contributed by atoms with Gasteiger partial charge in [-0.25, -0.2) is 0 Å². The molecule has 205 valence electrons. The fraction of sp³-hybridized carbons (Fsp3) is 1.00. The Morgan fingerprint density at radius 3 is 0.618 bits per heavy atom. The van der Waals surface area contributed by atoms with Gasteiger partial charge in [0, 0.05) is 8.80 Å². The average Bonchev–Trinajstić information content (AvgIpc) is 2.85. The minimum Gasteiger partial charge on any atom is -0.0654 e. The van der Waals surface area contributed by atoms with Crippen molar-refractivity contribution in [2.75, 3.05) is 0 Å². The molecule has 0 heterocycles. The predicted octanol–water partition coefficient (Wildman–Crippen LogP) is 13.1. The first-order chi connectivity index (χ1) is 16.8. The molecule has 0 aliphatic rings. The minimum absolute atomic E-state index is 0.0575. The molecule has 1 radical (unpaired) electrons. The van der Waals surface area contributed by atoms with E-state index in [1.807, 2.05) is 0 Å². The topological polar surface area (TPSA) is 0 Å². The molecule has 0 saturated carbocycles. The predicted molar refractivity (Wildman–Crippen MR) is 162 cm³/mol. The number of unbranched alkanes of at least 4 members (excludes halogenated alkanes) is 24. The van der Waals surface area contributed by atoms with Crippen molar-refractivity contribution in [1.82, 2.24) is 0 Å². The van der Waals surface area contributed by atoms with Crippen molar-refractivity contribution < 1.29 is 0 Å². The molecule has 0 nitrogen and oxygen atoms in total. The van der Waals surface area contributed by atoms with Gasteiger partial charge in [-0.2, -0.15) is 0 Å². The summed E-state index contributed by atoms with van der Waals surface area (Å²) >= 11 is 0. The molecule has 0 aliphatic carbocycles. The highest BCUT2D eigenvalue weighted by molar-refractivity contribution is 6.58. The summed E-state index contributed by atoms with van der Waals surface area (Å²) in [5.74, 6) is 0. The smallest absolute Gasteiger partial charge is 0.0479 e. The third kappa shape index (κ3) is 28.5. The van der Waals surface area contributed by atoms with E-state index < -0.39 is 0 Å². The monoisotopic (exact) mass is 494 g/mol. The van der Waals surface area contributed by atoms with E-state index in [9.17, 15) is 0 Å². The van der Waals surface area contributed by atoms with Gasteiger partial charge in [-0.3, -0.25) is 0 Å². The van der Waals surface area contributed by atoms with Gasteiger partial charge in [-0.15, -0.1) is 0 Å². The van der Waals surface area contributed by atoms with Gasteiger partial charge < -0.3 is 0 Å². The second-order valence-electron chi connectivity index (χ2n) is 11.5. The lowest BCUT2D eigenvalue weighted by atomic mass is 10.1. The molecule has 0 aromatic rings. The molecule has 0 unspecified atom stereocenters. The molecule has 34 heavy (non-hydrogen) atoms. The van der Waals surface area contributed by atoms with Gasteiger partial charge in [0.1, 0.15) is 0 Å². The molecule has 0 bridgehead atoms. The lowest BCUT2D eigenvalue weighted by Gasteiger charge is -2.15. The van der Waals surface area contributed by atoms with Crippen LogP contribution in [0.15, 0.2) is 0 Å². The molecule has 0 saturated heterocycles. The summed E-state index contributed by atoms with van der Waals surface area (Å²) in [4.78, 5) is 0. The highest BCUT2D eigenvalue weighted by atomic mass is 28.3. The second kappa shape index (κ2) is 31.2. The Balaban J connectivity index is 3.85. The zero-order chi connectivity index (χ0) is 24.8. The molecule has 0 aromatic carbocycles. The van der Waals surface area contributed by atoms with Crippen molar-refractivity contribution >= 4 is 8.80 Å². The van der Waals surface area contributed by atoms with Crippen molar-refractivity contribution in [1.29, 1.82) is 0 Å². The molecule has 0 atom stereocenters. The van der Waals surface area contributed by atoms with Crippen LogP contribution in [-0.4, -0.2) is 8.80 Å². The lowest BCUT2D eigenvalue weighted by molar-refractivity contribution is 0.566. The Hall–Kier alpha value is 0.217. The van der Waals surface area contributed by atoms with Crippen LogP contribution in [0, 0.1) is 0 Å². The van der Waals surface area contributed by atoms with E-state index in [1.54, 1.807) is 37.4 Å². The van der Waals surface area contributed by atoms with Crippen molar-refractivity contribution in [3.8, 4) is 0 Å². The number of rotatable bonds is 30. The summed E-state index contributed by atoms with van der Waals surface area (Å²) in [6.07, 6.45) is 40.1. The van der Waals surface area contributed by atoms with Crippen LogP contribution in [0.25, 0.3) is 0 Å². The minimum atomic E-state index is -0.0575. The van der Waals surface area contributed by atoms with Crippen LogP contribution >= 0.6 is 0 Å². The average molecular weight is 494 g/mol. The van der Waals surface area contributed by atoms with E-state index in [4.69, 9.17) is 0 Å². The second-order valence-corrected chi connectivity index (χ2v) is 14.5. The molecular weight excluding hydrogens is 424 g/mol. The van der Waals surface area contributed by atoms with Crippen LogP contribution in [0.2, 0.25) is 18.1 Å². The molecule has 0 N–H and O–H groups in total. The normalized spacial score (nSPS) is 11.6. The van der Waals surface area contributed by atoms with Crippen LogP contribution in [0.4, 0.5) is 0 Å². The summed E-state index contributed by atoms with van der Waals surface area (Å²) in [5.41, 5.74) is 0. The first-order valence-electron chi connectivity index (χ1n) is 16.7. The van der Waals surface area contributed by atoms with Crippen LogP contribution in [-0.2, 0) is 0 Å². The summed E-state index contributed by atoms with van der Waals surface area (Å²) < 4.78 is 0. The molecule has 0 spiro atoms. The van der Waals surface area contributed by atoms with Gasteiger partial charge in [0.25, 0.3) is 0 Å². The summed E-state index contributed by atoms with van der Waals surface area (Å²) in [7, 11) is -0.0575. The van der Waals surface area contributed by atoms with E-state index >= 15 is 0 Å². The van der Waals surface area contributed by atoms with E-state index in [-0.39, 0.29) is 8.80 Å². The van der Waals surface area contributed by atoms with Crippen LogP contribution in [0.3, 0.4) is 0 Å². The molecule has 0 fully saturated rings. The van der Waals surface area contributed by atoms with Gasteiger partial charge in [0.15, 0.2) is 0 Å². The summed E-state index contributed by atoms with van der Waals surface area (Å²) in [6, 6.07) is 4.90. The molecule has 0 aromatic heterocycles. The van der Waals surface area contributed by atoms with Crippen LogP contribution in [0.1, 0.15) is 194 Å². The lowest BCUT2D eigenvalue weighted by Crippen LogP contribution is -2.12. The highest BCUT2D eigenvalue weighted by Crippen LogP contribution is 2.21. The first kappa shape index (κ1) is 34.2. The highest BCUT2D eigenvalue weighted by Gasteiger charge is 2.10. The molecule has 1 heteroatoms. The fourth-order valence-corrected chi connectivity index (χ4v) is 8.43. The molecule has 0 rings (SSSR count). The number of hydrogen-bond donors (Lipinski definition) is 0. The standard InChI is InChI=1S/C33H69Si/c1-4-7-10-13-16-19-22-25-28-31-34(32-29-26-23-20-17-14-11-8-5-2)33-30-27-24-21-18-15-12-9-6-3/h4-33H2,1-3H3. The van der Waals surface area contributed by atoms with E-state index in [0.29, 0.717) is 0 Å². The maximum Gasteiger partial charge on any atom is 0.0479 e. The van der Waals surface area contributed by atoms with Crippen molar-refractivity contribution in [2.45, 2.75) is 212 Å². The van der Waals surface area contributed by atoms with E-state index in [1.165, 1.54) is 154 Å². The van der Waals surface area contributed by atoms with Crippen LogP contribution < -0.4 is 0 Å². The fourth-order valence-electron chi connectivity index (χ4n) is 5.43. The zero-order valence-corrected chi connectivity index (χ0v) is 25.7. The van der Waals surface area contributed by atoms with Gasteiger partial charge in [0.05, 0.1) is 0 Å².